The van der Waals surface area contributed by atoms with Gasteiger partial charge < -0.3 is 22.1 Å². The van der Waals surface area contributed by atoms with Crippen LogP contribution in [0.4, 0.5) is 0 Å². The molecule has 9 heteroatoms. The van der Waals surface area contributed by atoms with Gasteiger partial charge in [-0.2, -0.15) is 0 Å². The van der Waals surface area contributed by atoms with E-state index in [9.17, 15) is 0 Å². The minimum Gasteiger partial charge on any atom is -0.373 e. The first kappa shape index (κ1) is 29.9. The molecule has 4 rings (SSSR count). The van der Waals surface area contributed by atoms with Crippen molar-refractivity contribution in [3.05, 3.63) is 153 Å². The van der Waals surface area contributed by atoms with Crippen molar-refractivity contribution in [2.45, 2.75) is 0 Å². The summed E-state index contributed by atoms with van der Waals surface area (Å²) in [6, 6.07) is 44.2. The van der Waals surface area contributed by atoms with Crippen molar-refractivity contribution < 1.29 is 16.5 Å². The summed E-state index contributed by atoms with van der Waals surface area (Å²) < 4.78 is 0. The molecule has 0 radical (unpaired) electrons. The first-order chi connectivity index (χ1) is 16.7. The van der Waals surface area contributed by atoms with E-state index in [2.05, 4.69) is 121 Å². The molecule has 6 nitrogen and oxygen atoms in total. The standard InChI is InChI=1S/C26H24P2.2N3.Ni/c1-5-13-23(14-6-1)27(24-15-7-2-8-16-24)21-22-28(25-17-9-3-10-18-25)26-19-11-4-12-20-26;2*1-3-2;/h1-20H,21-22H2;;;/q;2*-1;+2. The molecule has 0 fully saturated rings. The number of rotatable bonds is 7. The van der Waals surface area contributed by atoms with Gasteiger partial charge in [-0.25, -0.2) is 0 Å². The van der Waals surface area contributed by atoms with Crippen molar-refractivity contribution in [2.24, 2.45) is 0 Å². The fraction of sp³-hybridized carbons (Fsp3) is 0.0769. The van der Waals surface area contributed by atoms with Gasteiger partial charge in [0.2, 0.25) is 0 Å². The number of nitrogens with zero attached hydrogens (tertiary/aromatic N) is 6. The zero-order valence-corrected chi connectivity index (χ0v) is 21.6. The van der Waals surface area contributed by atoms with Crippen LogP contribution in [-0.4, -0.2) is 12.3 Å². The summed E-state index contributed by atoms with van der Waals surface area (Å²) >= 11 is 0. The summed E-state index contributed by atoms with van der Waals surface area (Å²) in [6.45, 7) is 0. The van der Waals surface area contributed by atoms with Crippen LogP contribution in [-0.2, 0) is 16.5 Å². The maximum atomic E-state index is 6.75. The predicted molar refractivity (Wildman–Crippen MR) is 148 cm³/mol. The summed E-state index contributed by atoms with van der Waals surface area (Å²) in [5, 5.41) is 5.89. The fourth-order valence-electron chi connectivity index (χ4n) is 3.45. The summed E-state index contributed by atoms with van der Waals surface area (Å²) in [6.07, 6.45) is 2.41. The summed E-state index contributed by atoms with van der Waals surface area (Å²) in [5.74, 6) is 0. The molecule has 0 aliphatic carbocycles. The molecule has 0 saturated heterocycles. The predicted octanol–water partition coefficient (Wildman–Crippen LogP) is 6.98. The Morgan fingerprint density at radius 1 is 0.400 bits per heavy atom. The second kappa shape index (κ2) is 18.2. The van der Waals surface area contributed by atoms with E-state index in [0.29, 0.717) is 0 Å². The first-order valence-electron chi connectivity index (χ1n) is 10.5. The smallest absolute Gasteiger partial charge is 0.373 e. The van der Waals surface area contributed by atoms with E-state index in [1.807, 2.05) is 0 Å². The SMILES string of the molecule is [N-]=[N+]=[N-].[N-]=[N+]=[N-].[Ni+2].c1ccc(P(CCP(c2ccccc2)c2ccccc2)c2ccccc2)cc1. The molecule has 0 amide bonds. The third-order valence-corrected chi connectivity index (χ3v) is 10.2. The second-order valence-electron chi connectivity index (χ2n) is 6.82. The zero-order valence-electron chi connectivity index (χ0n) is 18.9. The molecule has 0 heterocycles. The summed E-state index contributed by atoms with van der Waals surface area (Å²) in [5.41, 5.74) is 27.0. The molecule has 0 aromatic heterocycles. The molecule has 0 saturated carbocycles. The Hall–Kier alpha value is -3.15. The van der Waals surface area contributed by atoms with Gasteiger partial charge >= 0.3 is 16.5 Å². The normalized spacial score (nSPS) is 9.31. The Morgan fingerprint density at radius 2 is 0.571 bits per heavy atom. The molecule has 0 spiro atoms. The molecular weight excluding hydrogens is 517 g/mol. The van der Waals surface area contributed by atoms with E-state index in [4.69, 9.17) is 22.1 Å². The average Bonchev–Trinajstić information content (AvgIpc) is 2.90. The van der Waals surface area contributed by atoms with E-state index >= 15 is 0 Å². The van der Waals surface area contributed by atoms with Crippen molar-refractivity contribution >= 4 is 37.1 Å². The van der Waals surface area contributed by atoms with E-state index < -0.39 is 0 Å². The van der Waals surface area contributed by atoms with Crippen LogP contribution in [0.3, 0.4) is 0 Å². The average molecular weight is 541 g/mol. The third-order valence-electron chi connectivity index (χ3n) is 4.82. The fourth-order valence-corrected chi connectivity index (χ4v) is 8.80. The Bertz CT molecular complexity index is 980. The van der Waals surface area contributed by atoms with Gasteiger partial charge in [0.1, 0.15) is 0 Å². The van der Waals surface area contributed by atoms with Gasteiger partial charge in [-0.05, 0) is 49.4 Å². The summed E-state index contributed by atoms with van der Waals surface area (Å²) in [4.78, 5) is 3.00. The van der Waals surface area contributed by atoms with Crippen LogP contribution in [0, 0.1) is 0 Å². The van der Waals surface area contributed by atoms with Crippen LogP contribution in [0.2, 0.25) is 0 Å². The first-order valence-corrected chi connectivity index (χ1v) is 13.5. The van der Waals surface area contributed by atoms with Crippen molar-refractivity contribution in [1.29, 1.82) is 0 Å². The number of hydrogen-bond donors (Lipinski definition) is 0. The maximum absolute atomic E-state index is 6.75. The molecule has 4 aromatic rings. The van der Waals surface area contributed by atoms with Crippen LogP contribution in [0.25, 0.3) is 31.9 Å². The molecule has 4 aromatic carbocycles. The molecule has 0 aliphatic heterocycles. The monoisotopic (exact) mass is 540 g/mol. The number of benzene rings is 4. The van der Waals surface area contributed by atoms with Crippen LogP contribution >= 0.6 is 15.8 Å². The van der Waals surface area contributed by atoms with Crippen LogP contribution in [0.1, 0.15) is 0 Å². The zero-order chi connectivity index (χ0) is 24.4. The molecule has 0 bridgehead atoms. The van der Waals surface area contributed by atoms with Gasteiger partial charge in [0.15, 0.2) is 0 Å². The van der Waals surface area contributed by atoms with Gasteiger partial charge in [0.25, 0.3) is 0 Å². The Morgan fingerprint density at radius 3 is 0.743 bits per heavy atom. The Kier molecular flexibility index (Phi) is 15.6. The minimum atomic E-state index is -0.348. The van der Waals surface area contributed by atoms with Gasteiger partial charge in [-0.3, -0.25) is 9.82 Å². The molecular formula is C26H24N6NiP2. The minimum absolute atomic E-state index is 0. The van der Waals surface area contributed by atoms with Crippen molar-refractivity contribution in [3.63, 3.8) is 0 Å². The molecule has 0 atom stereocenters. The molecule has 0 unspecified atom stereocenters. The Labute approximate surface area is 218 Å². The van der Waals surface area contributed by atoms with Crippen LogP contribution < -0.4 is 21.2 Å². The van der Waals surface area contributed by atoms with Gasteiger partial charge in [-0.1, -0.05) is 121 Å². The third kappa shape index (κ3) is 10.3. The van der Waals surface area contributed by atoms with E-state index in [0.717, 1.165) is 0 Å². The van der Waals surface area contributed by atoms with Crippen molar-refractivity contribution in [3.8, 4) is 0 Å². The van der Waals surface area contributed by atoms with Crippen molar-refractivity contribution in [2.75, 3.05) is 12.3 Å². The van der Waals surface area contributed by atoms with Crippen LogP contribution in [0.15, 0.2) is 121 Å². The van der Waals surface area contributed by atoms with E-state index in [1.54, 1.807) is 0 Å². The van der Waals surface area contributed by atoms with Crippen molar-refractivity contribution in [1.82, 2.24) is 0 Å². The van der Waals surface area contributed by atoms with Gasteiger partial charge in [0, 0.05) is 0 Å². The van der Waals surface area contributed by atoms with Gasteiger partial charge in [-0.15, -0.1) is 0 Å². The van der Waals surface area contributed by atoms with Crippen LogP contribution in [0.5, 0.6) is 0 Å². The topological polar surface area (TPSA) is 117 Å². The second-order valence-corrected chi connectivity index (χ2v) is 11.5. The summed E-state index contributed by atoms with van der Waals surface area (Å²) in [7, 11) is -0.696. The Balaban J connectivity index is 0.000000797. The molecule has 35 heavy (non-hydrogen) atoms. The van der Waals surface area contributed by atoms with E-state index in [-0.39, 0.29) is 32.3 Å². The maximum Gasteiger partial charge on any atom is 2.00 e. The number of hydrogen-bond acceptors (Lipinski definition) is 0. The molecule has 178 valence electrons. The largest absolute Gasteiger partial charge is 2.00 e. The van der Waals surface area contributed by atoms with E-state index in [1.165, 1.54) is 43.4 Å². The molecule has 0 N–H and O–H groups in total. The molecule has 0 aliphatic rings. The quantitative estimate of drug-likeness (QED) is 0.0789. The van der Waals surface area contributed by atoms with Gasteiger partial charge in [0.05, 0.1) is 0 Å².